The van der Waals surface area contributed by atoms with E-state index in [9.17, 15) is 14.0 Å². The average molecular weight is 580 g/mol. The van der Waals surface area contributed by atoms with E-state index >= 15 is 0 Å². The van der Waals surface area contributed by atoms with Crippen molar-refractivity contribution in [1.29, 1.82) is 0 Å². The minimum Gasteiger partial charge on any atom is -0.463 e. The number of amides is 1. The fraction of sp³-hybridized carbons (Fsp3) is 0.417. The maximum absolute atomic E-state index is 13.9. The van der Waals surface area contributed by atoms with Crippen LogP contribution in [0.3, 0.4) is 0 Å². The first-order valence-electron chi connectivity index (χ1n) is 11.6. The van der Waals surface area contributed by atoms with Gasteiger partial charge in [-0.15, -0.1) is 11.3 Å². The molecule has 1 N–H and O–H groups in total. The van der Waals surface area contributed by atoms with Crippen LogP contribution in [0.2, 0.25) is 0 Å². The first kappa shape index (κ1) is 26.2. The van der Waals surface area contributed by atoms with Crippen LogP contribution in [0.4, 0.5) is 9.18 Å². The summed E-state index contributed by atoms with van der Waals surface area (Å²) in [5, 5.41) is 5.84. The van der Waals surface area contributed by atoms with Crippen LogP contribution in [0, 0.1) is 5.82 Å². The second kappa shape index (κ2) is 11.9. The van der Waals surface area contributed by atoms with Crippen LogP contribution >= 0.6 is 27.3 Å². The molecule has 9 nitrogen and oxygen atoms in total. The second-order valence-electron chi connectivity index (χ2n) is 8.08. The minimum absolute atomic E-state index is 0.203. The van der Waals surface area contributed by atoms with E-state index in [1.807, 2.05) is 5.38 Å². The summed E-state index contributed by atoms with van der Waals surface area (Å²) in [5.74, 6) is -0.363. The lowest BCUT2D eigenvalue weighted by Gasteiger charge is -2.36. The number of thiazole rings is 1. The van der Waals surface area contributed by atoms with Gasteiger partial charge in [-0.25, -0.2) is 19.0 Å². The molecule has 0 aliphatic carbocycles. The smallest absolute Gasteiger partial charge is 0.409 e. The Labute approximate surface area is 221 Å². The Bertz CT molecular complexity index is 1170. The van der Waals surface area contributed by atoms with Crippen molar-refractivity contribution in [2.75, 3.05) is 45.9 Å². The highest BCUT2D eigenvalue weighted by Gasteiger charge is 2.35. The zero-order chi connectivity index (χ0) is 25.7. The standard InChI is InChI=1S/C24H27BrFN5O4S/c1-3-34-23(32)19-18(14-30-8-10-31(11-9-30)24(33)35-4-2)28-21(22-27-7-12-36-22)29-20(19)16-6-5-15(26)13-17(16)25/h5-7,12-13,20H,3-4,8-11,14H2,1-2H3,(H,28,29). The Balaban J connectivity index is 1.69. The van der Waals surface area contributed by atoms with E-state index in [0.29, 0.717) is 71.5 Å². The van der Waals surface area contributed by atoms with Crippen molar-refractivity contribution in [2.24, 2.45) is 4.99 Å². The number of amidine groups is 1. The van der Waals surface area contributed by atoms with E-state index < -0.39 is 17.8 Å². The molecule has 1 aromatic heterocycles. The van der Waals surface area contributed by atoms with E-state index in [2.05, 4.69) is 31.1 Å². The summed E-state index contributed by atoms with van der Waals surface area (Å²) in [4.78, 5) is 38.4. The third kappa shape index (κ3) is 5.93. The molecule has 12 heteroatoms. The highest BCUT2D eigenvalue weighted by Crippen LogP contribution is 2.37. The summed E-state index contributed by atoms with van der Waals surface area (Å²) in [6.45, 7) is 6.71. The normalized spacial score (nSPS) is 18.5. The Morgan fingerprint density at radius 1 is 1.19 bits per heavy atom. The van der Waals surface area contributed by atoms with Crippen molar-refractivity contribution in [3.8, 4) is 0 Å². The molecule has 0 radical (unpaired) electrons. The number of piperazine rings is 1. The van der Waals surface area contributed by atoms with Gasteiger partial charge in [0.05, 0.1) is 18.8 Å². The molecule has 1 aromatic carbocycles. The molecule has 4 rings (SSSR count). The first-order chi connectivity index (χ1) is 17.4. The topological polar surface area (TPSA) is 96.4 Å². The van der Waals surface area contributed by atoms with Crippen LogP contribution in [0.25, 0.3) is 0 Å². The molecule has 36 heavy (non-hydrogen) atoms. The van der Waals surface area contributed by atoms with Crippen molar-refractivity contribution in [3.05, 3.63) is 61.9 Å². The lowest BCUT2D eigenvalue weighted by Crippen LogP contribution is -2.50. The van der Waals surface area contributed by atoms with Gasteiger partial charge in [0.1, 0.15) is 11.9 Å². The number of hydrogen-bond acceptors (Lipinski definition) is 9. The summed E-state index contributed by atoms with van der Waals surface area (Å²) in [7, 11) is 0. The molecule has 2 aromatic rings. The third-order valence-electron chi connectivity index (χ3n) is 5.79. The van der Waals surface area contributed by atoms with Gasteiger partial charge in [-0.3, -0.25) is 9.89 Å². The van der Waals surface area contributed by atoms with Crippen LogP contribution in [0.5, 0.6) is 0 Å². The summed E-state index contributed by atoms with van der Waals surface area (Å²) < 4.78 is 24.9. The van der Waals surface area contributed by atoms with Crippen molar-refractivity contribution >= 4 is 45.2 Å². The van der Waals surface area contributed by atoms with Crippen molar-refractivity contribution in [2.45, 2.75) is 19.9 Å². The van der Waals surface area contributed by atoms with Gasteiger partial charge in [-0.2, -0.15) is 0 Å². The highest BCUT2D eigenvalue weighted by molar-refractivity contribution is 9.10. The zero-order valence-electron chi connectivity index (χ0n) is 20.0. The summed E-state index contributed by atoms with van der Waals surface area (Å²) >= 11 is 4.86. The lowest BCUT2D eigenvalue weighted by atomic mass is 9.95. The summed E-state index contributed by atoms with van der Waals surface area (Å²) in [5.41, 5.74) is 1.64. The molecule has 0 saturated carbocycles. The third-order valence-corrected chi connectivity index (χ3v) is 7.26. The Morgan fingerprint density at radius 3 is 2.58 bits per heavy atom. The number of nitrogens with zero attached hydrogens (tertiary/aromatic N) is 4. The maximum Gasteiger partial charge on any atom is 0.409 e. The number of aromatic nitrogens is 1. The van der Waals surface area contributed by atoms with Gasteiger partial charge < -0.3 is 19.7 Å². The van der Waals surface area contributed by atoms with Gasteiger partial charge in [0.2, 0.25) is 0 Å². The fourth-order valence-electron chi connectivity index (χ4n) is 4.09. The molecule has 0 bridgehead atoms. The number of ether oxygens (including phenoxy) is 2. The molecule has 2 aliphatic heterocycles. The van der Waals surface area contributed by atoms with Crippen LogP contribution < -0.4 is 5.32 Å². The molecule has 1 saturated heterocycles. The summed E-state index contributed by atoms with van der Waals surface area (Å²) in [6.07, 6.45) is 1.37. The van der Waals surface area contributed by atoms with Crippen LogP contribution in [0.15, 0.2) is 50.5 Å². The number of hydrogen-bond donors (Lipinski definition) is 1. The van der Waals surface area contributed by atoms with Gasteiger partial charge in [0.15, 0.2) is 10.8 Å². The van der Waals surface area contributed by atoms with Gasteiger partial charge >= 0.3 is 12.1 Å². The number of esters is 1. The van der Waals surface area contributed by atoms with Crippen molar-refractivity contribution in [3.63, 3.8) is 0 Å². The van der Waals surface area contributed by atoms with Gasteiger partial charge in [-0.1, -0.05) is 22.0 Å². The molecule has 1 fully saturated rings. The Morgan fingerprint density at radius 2 is 1.94 bits per heavy atom. The molecular formula is C24H27BrFN5O4S. The number of nitrogens with one attached hydrogen (secondary N) is 1. The number of halogens is 2. The van der Waals surface area contributed by atoms with E-state index in [0.717, 1.165) is 0 Å². The van der Waals surface area contributed by atoms with Crippen LogP contribution in [-0.2, 0) is 14.3 Å². The molecule has 0 spiro atoms. The number of aliphatic imine (C=N–C) groups is 1. The average Bonchev–Trinajstić information content (AvgIpc) is 3.39. The van der Waals surface area contributed by atoms with Gasteiger partial charge in [-0.05, 0) is 31.5 Å². The van der Waals surface area contributed by atoms with E-state index in [4.69, 9.17) is 14.5 Å². The zero-order valence-corrected chi connectivity index (χ0v) is 22.4. The molecule has 192 valence electrons. The SMILES string of the molecule is CCOC(=O)C1=C(CN2CCN(C(=O)OCC)CC2)NC(c2nccs2)=NC1c1ccc(F)cc1Br. The maximum atomic E-state index is 13.9. The van der Waals surface area contributed by atoms with Crippen LogP contribution in [-0.4, -0.2) is 78.6 Å². The predicted molar refractivity (Wildman–Crippen MR) is 137 cm³/mol. The molecule has 2 aliphatic rings. The minimum atomic E-state index is -0.727. The van der Waals surface area contributed by atoms with E-state index in [1.54, 1.807) is 31.0 Å². The highest BCUT2D eigenvalue weighted by atomic mass is 79.9. The number of rotatable bonds is 7. The lowest BCUT2D eigenvalue weighted by molar-refractivity contribution is -0.139. The summed E-state index contributed by atoms with van der Waals surface area (Å²) in [6, 6.07) is 3.59. The number of carbonyl (C=O) groups is 2. The Kier molecular flexibility index (Phi) is 8.70. The van der Waals surface area contributed by atoms with Crippen molar-refractivity contribution in [1.82, 2.24) is 20.1 Å². The molecule has 3 heterocycles. The number of carbonyl (C=O) groups excluding carboxylic acids is 2. The molecule has 1 amide bonds. The van der Waals surface area contributed by atoms with Gasteiger partial charge in [0, 0.05) is 54.5 Å². The molecule has 1 unspecified atom stereocenters. The monoisotopic (exact) mass is 579 g/mol. The molecular weight excluding hydrogens is 553 g/mol. The van der Waals surface area contributed by atoms with E-state index in [1.165, 1.54) is 23.5 Å². The largest absolute Gasteiger partial charge is 0.463 e. The fourth-order valence-corrected chi connectivity index (χ4v) is 5.25. The first-order valence-corrected chi connectivity index (χ1v) is 13.3. The Hall–Kier alpha value is -2.83. The van der Waals surface area contributed by atoms with Gasteiger partial charge in [0.25, 0.3) is 0 Å². The predicted octanol–water partition coefficient (Wildman–Crippen LogP) is 3.73. The van der Waals surface area contributed by atoms with Crippen molar-refractivity contribution < 1.29 is 23.5 Å². The quantitative estimate of drug-likeness (QED) is 0.499. The van der Waals surface area contributed by atoms with E-state index in [-0.39, 0.29) is 12.7 Å². The number of benzene rings is 1. The second-order valence-corrected chi connectivity index (χ2v) is 9.83. The van der Waals surface area contributed by atoms with Crippen LogP contribution in [0.1, 0.15) is 30.5 Å². The molecule has 1 atom stereocenters.